The standard InChI is InChI=1S/C16H29N3O2/c1-12(2)11-19(9-10-21-6)16(20)8-7-15-13(3)17-18(5)14(15)4/h12H,7-11H2,1-6H3. The molecule has 21 heavy (non-hydrogen) atoms. The Labute approximate surface area is 128 Å². The van der Waals surface area contributed by atoms with Gasteiger partial charge >= 0.3 is 0 Å². The van der Waals surface area contributed by atoms with Gasteiger partial charge in [0.1, 0.15) is 0 Å². The molecule has 0 N–H and O–H groups in total. The Morgan fingerprint density at radius 1 is 1.38 bits per heavy atom. The van der Waals surface area contributed by atoms with Crippen molar-refractivity contribution in [1.82, 2.24) is 14.7 Å². The lowest BCUT2D eigenvalue weighted by Crippen LogP contribution is -2.36. The van der Waals surface area contributed by atoms with Crippen molar-refractivity contribution in [1.29, 1.82) is 0 Å². The van der Waals surface area contributed by atoms with Crippen molar-refractivity contribution in [3.8, 4) is 0 Å². The van der Waals surface area contributed by atoms with Crippen molar-refractivity contribution >= 4 is 5.91 Å². The van der Waals surface area contributed by atoms with Crippen LogP contribution in [0.5, 0.6) is 0 Å². The highest BCUT2D eigenvalue weighted by atomic mass is 16.5. The van der Waals surface area contributed by atoms with E-state index < -0.39 is 0 Å². The van der Waals surface area contributed by atoms with Crippen molar-refractivity contribution in [2.75, 3.05) is 26.8 Å². The van der Waals surface area contributed by atoms with E-state index >= 15 is 0 Å². The molecule has 0 aliphatic heterocycles. The molecule has 5 heteroatoms. The number of carbonyl (C=O) groups is 1. The summed E-state index contributed by atoms with van der Waals surface area (Å²) in [6.45, 7) is 10.3. The number of hydrogen-bond donors (Lipinski definition) is 0. The minimum absolute atomic E-state index is 0.198. The van der Waals surface area contributed by atoms with Gasteiger partial charge in [0.2, 0.25) is 5.91 Å². The van der Waals surface area contributed by atoms with Crippen molar-refractivity contribution in [3.63, 3.8) is 0 Å². The molecule has 0 spiro atoms. The van der Waals surface area contributed by atoms with E-state index in [-0.39, 0.29) is 5.91 Å². The lowest BCUT2D eigenvalue weighted by molar-refractivity contribution is -0.132. The maximum Gasteiger partial charge on any atom is 0.222 e. The van der Waals surface area contributed by atoms with Crippen LogP contribution in [0.25, 0.3) is 0 Å². The molecule has 0 aliphatic carbocycles. The van der Waals surface area contributed by atoms with E-state index in [4.69, 9.17) is 4.74 Å². The Morgan fingerprint density at radius 3 is 2.52 bits per heavy atom. The van der Waals surface area contributed by atoms with E-state index in [1.54, 1.807) is 7.11 Å². The monoisotopic (exact) mass is 295 g/mol. The molecule has 1 heterocycles. The number of aromatic nitrogens is 2. The zero-order valence-electron chi connectivity index (χ0n) is 14.3. The molecule has 0 fully saturated rings. The first-order chi connectivity index (χ1) is 9.86. The molecule has 0 saturated carbocycles. The number of carbonyl (C=O) groups excluding carboxylic acids is 1. The van der Waals surface area contributed by atoms with Crippen molar-refractivity contribution in [3.05, 3.63) is 17.0 Å². The van der Waals surface area contributed by atoms with Gasteiger partial charge in [-0.25, -0.2) is 0 Å². The van der Waals surface area contributed by atoms with Crippen LogP contribution in [0.3, 0.4) is 0 Å². The Morgan fingerprint density at radius 2 is 2.05 bits per heavy atom. The number of amides is 1. The van der Waals surface area contributed by atoms with Crippen LogP contribution in [0, 0.1) is 19.8 Å². The predicted molar refractivity (Wildman–Crippen MR) is 84.3 cm³/mol. The predicted octanol–water partition coefficient (Wildman–Crippen LogP) is 2.10. The molecule has 0 saturated heterocycles. The number of hydrogen-bond acceptors (Lipinski definition) is 3. The summed E-state index contributed by atoms with van der Waals surface area (Å²) in [6.07, 6.45) is 1.29. The second kappa shape index (κ2) is 8.17. The first kappa shape index (κ1) is 17.7. The van der Waals surface area contributed by atoms with E-state index in [9.17, 15) is 4.79 Å². The average Bonchev–Trinajstić information content (AvgIpc) is 2.65. The van der Waals surface area contributed by atoms with Crippen LogP contribution >= 0.6 is 0 Å². The third-order valence-electron chi connectivity index (χ3n) is 3.75. The lowest BCUT2D eigenvalue weighted by Gasteiger charge is -2.24. The average molecular weight is 295 g/mol. The van der Waals surface area contributed by atoms with Gasteiger partial charge in [-0.15, -0.1) is 0 Å². The van der Waals surface area contributed by atoms with Crippen LogP contribution in [-0.4, -0.2) is 47.4 Å². The number of nitrogens with zero attached hydrogens (tertiary/aromatic N) is 3. The molecule has 0 aromatic carbocycles. The molecule has 1 aromatic heterocycles. The summed E-state index contributed by atoms with van der Waals surface area (Å²) in [5, 5.41) is 4.40. The quantitative estimate of drug-likeness (QED) is 0.738. The largest absolute Gasteiger partial charge is 0.383 e. The fourth-order valence-electron chi connectivity index (χ4n) is 2.53. The lowest BCUT2D eigenvalue weighted by atomic mass is 10.1. The van der Waals surface area contributed by atoms with Gasteiger partial charge in [-0.3, -0.25) is 9.48 Å². The number of rotatable bonds is 8. The van der Waals surface area contributed by atoms with E-state index in [1.165, 1.54) is 5.56 Å². The molecule has 5 nitrogen and oxygen atoms in total. The SMILES string of the molecule is COCCN(CC(C)C)C(=O)CCc1c(C)nn(C)c1C. The first-order valence-corrected chi connectivity index (χ1v) is 7.62. The van der Waals surface area contributed by atoms with Crippen LogP contribution < -0.4 is 0 Å². The Kier molecular flexibility index (Phi) is 6.89. The summed E-state index contributed by atoms with van der Waals surface area (Å²) in [7, 11) is 3.61. The number of aryl methyl sites for hydroxylation is 2. The third kappa shape index (κ3) is 5.16. The molecule has 0 radical (unpaired) electrons. The summed E-state index contributed by atoms with van der Waals surface area (Å²) in [4.78, 5) is 14.3. The van der Waals surface area contributed by atoms with Gasteiger partial charge in [-0.2, -0.15) is 5.10 Å². The molecular formula is C16H29N3O2. The zero-order valence-corrected chi connectivity index (χ0v) is 14.3. The molecular weight excluding hydrogens is 266 g/mol. The molecule has 0 bridgehead atoms. The van der Waals surface area contributed by atoms with Crippen LogP contribution in [0.2, 0.25) is 0 Å². The van der Waals surface area contributed by atoms with Gasteiger partial charge in [-0.05, 0) is 31.7 Å². The minimum atomic E-state index is 0.198. The summed E-state index contributed by atoms with van der Waals surface area (Å²) < 4.78 is 6.98. The fourth-order valence-corrected chi connectivity index (χ4v) is 2.53. The van der Waals surface area contributed by atoms with Crippen LogP contribution in [0.15, 0.2) is 0 Å². The van der Waals surface area contributed by atoms with Gasteiger partial charge < -0.3 is 9.64 Å². The maximum absolute atomic E-state index is 12.4. The normalized spacial score (nSPS) is 11.2. The van der Waals surface area contributed by atoms with Crippen LogP contribution in [0.1, 0.15) is 37.2 Å². The molecule has 1 rings (SSSR count). The second-order valence-electron chi connectivity index (χ2n) is 6.00. The summed E-state index contributed by atoms with van der Waals surface area (Å²) in [5.74, 6) is 0.663. The molecule has 0 aliphatic rings. The second-order valence-corrected chi connectivity index (χ2v) is 6.00. The van der Waals surface area contributed by atoms with Gasteiger partial charge in [0.15, 0.2) is 0 Å². The molecule has 0 atom stereocenters. The Bertz CT molecular complexity index is 466. The summed E-state index contributed by atoms with van der Waals surface area (Å²) >= 11 is 0. The van der Waals surface area contributed by atoms with E-state index in [0.717, 1.165) is 24.4 Å². The zero-order chi connectivity index (χ0) is 16.0. The number of methoxy groups -OCH3 is 1. The van der Waals surface area contributed by atoms with Crippen molar-refractivity contribution in [2.24, 2.45) is 13.0 Å². The minimum Gasteiger partial charge on any atom is -0.383 e. The van der Waals surface area contributed by atoms with E-state index in [2.05, 4.69) is 25.9 Å². The van der Waals surface area contributed by atoms with Gasteiger partial charge in [0, 0.05) is 39.4 Å². The van der Waals surface area contributed by atoms with Crippen molar-refractivity contribution < 1.29 is 9.53 Å². The Hall–Kier alpha value is -1.36. The van der Waals surface area contributed by atoms with E-state index in [0.29, 0.717) is 25.5 Å². The maximum atomic E-state index is 12.4. The fraction of sp³-hybridized carbons (Fsp3) is 0.750. The summed E-state index contributed by atoms with van der Waals surface area (Å²) in [5.41, 5.74) is 3.37. The Balaban J connectivity index is 2.64. The highest BCUT2D eigenvalue weighted by Crippen LogP contribution is 2.15. The molecule has 1 aromatic rings. The molecule has 0 unspecified atom stereocenters. The highest BCUT2D eigenvalue weighted by molar-refractivity contribution is 5.76. The smallest absolute Gasteiger partial charge is 0.222 e. The van der Waals surface area contributed by atoms with Gasteiger partial charge in [-0.1, -0.05) is 13.8 Å². The molecule has 1 amide bonds. The first-order valence-electron chi connectivity index (χ1n) is 7.62. The van der Waals surface area contributed by atoms with Crippen LogP contribution in [-0.2, 0) is 23.0 Å². The molecule has 120 valence electrons. The van der Waals surface area contributed by atoms with Gasteiger partial charge in [0.25, 0.3) is 0 Å². The summed E-state index contributed by atoms with van der Waals surface area (Å²) in [6, 6.07) is 0. The topological polar surface area (TPSA) is 47.4 Å². The third-order valence-corrected chi connectivity index (χ3v) is 3.75. The van der Waals surface area contributed by atoms with Crippen molar-refractivity contribution in [2.45, 2.75) is 40.5 Å². The number of ether oxygens (including phenoxy) is 1. The van der Waals surface area contributed by atoms with Crippen LogP contribution in [0.4, 0.5) is 0 Å². The van der Waals surface area contributed by atoms with Gasteiger partial charge in [0.05, 0.1) is 12.3 Å². The van der Waals surface area contributed by atoms with E-state index in [1.807, 2.05) is 23.6 Å². The highest BCUT2D eigenvalue weighted by Gasteiger charge is 2.17.